The van der Waals surface area contributed by atoms with Crippen molar-refractivity contribution in [2.24, 2.45) is 0 Å². The van der Waals surface area contributed by atoms with Gasteiger partial charge in [0.1, 0.15) is 6.61 Å². The van der Waals surface area contributed by atoms with E-state index in [1.165, 1.54) is 6.92 Å². The number of carbonyl (C=O) groups is 3. The number of hydrogen-bond donors (Lipinski definition) is 1. The molecule has 0 radical (unpaired) electrons. The minimum absolute atomic E-state index is 0.563. The van der Waals surface area contributed by atoms with E-state index in [0.29, 0.717) is 0 Å². The van der Waals surface area contributed by atoms with Crippen LogP contribution in [0.2, 0.25) is 0 Å². The Morgan fingerprint density at radius 1 is 1.18 bits per heavy atom. The van der Waals surface area contributed by atoms with Crippen molar-refractivity contribution in [1.82, 2.24) is 5.32 Å². The van der Waals surface area contributed by atoms with Crippen LogP contribution < -0.4 is 5.32 Å². The lowest BCUT2D eigenvalue weighted by atomic mass is 9.92. The first-order chi connectivity index (χ1) is 10.1. The summed E-state index contributed by atoms with van der Waals surface area (Å²) in [4.78, 5) is 33.1. The molecule has 1 N–H and O–H groups in total. The highest BCUT2D eigenvalue weighted by molar-refractivity contribution is 5.73. The first-order valence-electron chi connectivity index (χ1n) is 6.66. The number of alkyl halides is 2. The molecular formula is C13H19F2NO6. The molecule has 1 aliphatic rings. The summed E-state index contributed by atoms with van der Waals surface area (Å²) >= 11 is 0. The zero-order valence-electron chi connectivity index (χ0n) is 12.7. The molecule has 1 amide bonds. The van der Waals surface area contributed by atoms with E-state index in [0.717, 1.165) is 20.8 Å². The second kappa shape index (κ2) is 6.99. The van der Waals surface area contributed by atoms with Gasteiger partial charge in [0.05, 0.1) is 12.1 Å². The number of halogens is 2. The Hall–Kier alpha value is -1.77. The second-order valence-corrected chi connectivity index (χ2v) is 5.06. The van der Waals surface area contributed by atoms with Crippen molar-refractivity contribution in [3.63, 3.8) is 0 Å². The van der Waals surface area contributed by atoms with Crippen molar-refractivity contribution < 1.29 is 37.4 Å². The van der Waals surface area contributed by atoms with Crippen molar-refractivity contribution in [3.05, 3.63) is 0 Å². The van der Waals surface area contributed by atoms with Crippen LogP contribution in [-0.4, -0.2) is 54.7 Å². The van der Waals surface area contributed by atoms with E-state index < -0.39 is 54.7 Å². The molecule has 0 saturated carbocycles. The van der Waals surface area contributed by atoms with Crippen LogP contribution in [0.3, 0.4) is 0 Å². The highest BCUT2D eigenvalue weighted by atomic mass is 19.3. The van der Waals surface area contributed by atoms with Gasteiger partial charge in [0.25, 0.3) is 0 Å². The molecule has 4 atom stereocenters. The van der Waals surface area contributed by atoms with E-state index in [2.05, 4.69) is 10.1 Å². The molecule has 0 aromatic carbocycles. The maximum absolute atomic E-state index is 14.5. The Morgan fingerprint density at radius 3 is 2.23 bits per heavy atom. The van der Waals surface area contributed by atoms with E-state index in [9.17, 15) is 23.2 Å². The minimum atomic E-state index is -3.64. The molecule has 1 saturated heterocycles. The van der Waals surface area contributed by atoms with Gasteiger partial charge in [0.2, 0.25) is 5.91 Å². The number of esters is 2. The Balaban J connectivity index is 3.03. The van der Waals surface area contributed by atoms with Gasteiger partial charge in [-0.3, -0.25) is 14.4 Å². The third kappa shape index (κ3) is 4.36. The van der Waals surface area contributed by atoms with Gasteiger partial charge in [-0.05, 0) is 6.92 Å². The van der Waals surface area contributed by atoms with E-state index in [1.807, 2.05) is 0 Å². The Bertz CT molecular complexity index is 456. The van der Waals surface area contributed by atoms with Crippen LogP contribution in [-0.2, 0) is 28.6 Å². The molecule has 0 aromatic rings. The van der Waals surface area contributed by atoms with Gasteiger partial charge in [0.15, 0.2) is 12.2 Å². The zero-order chi connectivity index (χ0) is 17.1. The van der Waals surface area contributed by atoms with Crippen molar-refractivity contribution in [2.75, 3.05) is 6.61 Å². The number of carbonyl (C=O) groups excluding carboxylic acids is 3. The molecule has 7 nitrogen and oxygen atoms in total. The Kier molecular flexibility index (Phi) is 5.81. The summed E-state index contributed by atoms with van der Waals surface area (Å²) < 4.78 is 43.4. The van der Waals surface area contributed by atoms with Gasteiger partial charge in [-0.25, -0.2) is 0 Å². The van der Waals surface area contributed by atoms with Gasteiger partial charge >= 0.3 is 17.9 Å². The standard InChI is InChI=1S/C13H19F2NO6/c1-6-11(16-7(2)17)12(22-9(4)19)13(14,15)10(21-6)5-20-8(3)18/h6,10-12H,5H2,1-4H3,(H,16,17). The lowest BCUT2D eigenvalue weighted by Gasteiger charge is -2.44. The van der Waals surface area contributed by atoms with E-state index >= 15 is 0 Å². The minimum Gasteiger partial charge on any atom is -0.463 e. The summed E-state index contributed by atoms with van der Waals surface area (Å²) in [6.07, 6.45) is -4.56. The maximum Gasteiger partial charge on any atom is 0.315 e. The van der Waals surface area contributed by atoms with Crippen molar-refractivity contribution in [1.29, 1.82) is 0 Å². The molecular weight excluding hydrogens is 304 g/mol. The van der Waals surface area contributed by atoms with E-state index in [1.54, 1.807) is 0 Å². The lowest BCUT2D eigenvalue weighted by Crippen LogP contribution is -2.67. The van der Waals surface area contributed by atoms with Gasteiger partial charge in [-0.15, -0.1) is 0 Å². The smallest absolute Gasteiger partial charge is 0.315 e. The summed E-state index contributed by atoms with van der Waals surface area (Å²) in [5.74, 6) is -5.85. The molecule has 126 valence electrons. The van der Waals surface area contributed by atoms with Crippen LogP contribution in [0.15, 0.2) is 0 Å². The van der Waals surface area contributed by atoms with E-state index in [4.69, 9.17) is 9.47 Å². The van der Waals surface area contributed by atoms with Crippen LogP contribution in [0.5, 0.6) is 0 Å². The summed E-state index contributed by atoms with van der Waals surface area (Å²) in [6.45, 7) is 3.99. The molecule has 0 spiro atoms. The molecule has 4 unspecified atom stereocenters. The summed E-state index contributed by atoms with van der Waals surface area (Å²) in [5, 5.41) is 2.30. The molecule has 0 aliphatic carbocycles. The molecule has 1 heterocycles. The Labute approximate surface area is 126 Å². The van der Waals surface area contributed by atoms with Crippen molar-refractivity contribution >= 4 is 17.8 Å². The lowest BCUT2D eigenvalue weighted by molar-refractivity contribution is -0.272. The first kappa shape index (κ1) is 18.3. The maximum atomic E-state index is 14.5. The summed E-state index contributed by atoms with van der Waals surface area (Å²) in [5.41, 5.74) is 0. The third-order valence-electron chi connectivity index (χ3n) is 3.12. The average Bonchev–Trinajstić information content (AvgIpc) is 2.35. The fourth-order valence-electron chi connectivity index (χ4n) is 2.21. The highest BCUT2D eigenvalue weighted by Crippen LogP contribution is 2.37. The zero-order valence-corrected chi connectivity index (χ0v) is 12.7. The van der Waals surface area contributed by atoms with Crippen LogP contribution >= 0.6 is 0 Å². The Morgan fingerprint density at radius 2 is 1.77 bits per heavy atom. The monoisotopic (exact) mass is 323 g/mol. The summed E-state index contributed by atoms with van der Waals surface area (Å²) in [7, 11) is 0. The van der Waals surface area contributed by atoms with Crippen molar-refractivity contribution in [2.45, 2.75) is 58.0 Å². The normalized spacial score (nSPS) is 30.3. The van der Waals surface area contributed by atoms with Gasteiger partial charge in [-0.1, -0.05) is 0 Å². The average molecular weight is 323 g/mol. The number of ether oxygens (including phenoxy) is 3. The molecule has 1 aliphatic heterocycles. The number of amides is 1. The highest BCUT2D eigenvalue weighted by Gasteiger charge is 2.59. The second-order valence-electron chi connectivity index (χ2n) is 5.06. The number of hydrogen-bond acceptors (Lipinski definition) is 6. The fraction of sp³-hybridized carbons (Fsp3) is 0.769. The third-order valence-corrected chi connectivity index (χ3v) is 3.12. The molecule has 9 heteroatoms. The van der Waals surface area contributed by atoms with Crippen LogP contribution in [0, 0.1) is 0 Å². The molecule has 22 heavy (non-hydrogen) atoms. The molecule has 0 bridgehead atoms. The summed E-state index contributed by atoms with van der Waals surface area (Å²) in [6, 6.07) is -1.22. The molecule has 0 aromatic heterocycles. The van der Waals surface area contributed by atoms with Gasteiger partial charge < -0.3 is 19.5 Å². The molecule has 1 fully saturated rings. The quantitative estimate of drug-likeness (QED) is 0.754. The predicted octanol–water partition coefficient (Wildman–Crippen LogP) is 0.408. The van der Waals surface area contributed by atoms with E-state index in [-0.39, 0.29) is 0 Å². The van der Waals surface area contributed by atoms with Gasteiger partial charge in [-0.2, -0.15) is 8.78 Å². The van der Waals surface area contributed by atoms with Crippen LogP contribution in [0.4, 0.5) is 8.78 Å². The fourth-order valence-corrected chi connectivity index (χ4v) is 2.21. The van der Waals surface area contributed by atoms with Gasteiger partial charge in [0, 0.05) is 20.8 Å². The number of rotatable bonds is 4. The largest absolute Gasteiger partial charge is 0.463 e. The predicted molar refractivity (Wildman–Crippen MR) is 69.1 cm³/mol. The van der Waals surface area contributed by atoms with Crippen molar-refractivity contribution in [3.8, 4) is 0 Å². The SMILES string of the molecule is CC(=O)NC1C(C)OC(COC(C)=O)C(F)(F)C1OC(C)=O. The number of nitrogens with one attached hydrogen (secondary N) is 1. The topological polar surface area (TPSA) is 90.9 Å². The first-order valence-corrected chi connectivity index (χ1v) is 6.66. The van der Waals surface area contributed by atoms with Crippen LogP contribution in [0.25, 0.3) is 0 Å². The van der Waals surface area contributed by atoms with Crippen LogP contribution in [0.1, 0.15) is 27.7 Å². The molecule has 1 rings (SSSR count).